The van der Waals surface area contributed by atoms with Gasteiger partial charge in [0.2, 0.25) is 0 Å². The highest BCUT2D eigenvalue weighted by molar-refractivity contribution is 5.96. The van der Waals surface area contributed by atoms with Crippen molar-refractivity contribution >= 4 is 11.7 Å². The minimum Gasteiger partial charge on any atom is -0.368 e. The smallest absolute Gasteiger partial charge is 0.368 e. The minimum atomic E-state index is -4.53. The highest BCUT2D eigenvalue weighted by atomic mass is 19.4. The summed E-state index contributed by atoms with van der Waals surface area (Å²) in [5, 5.41) is 4.47. The van der Waals surface area contributed by atoms with Crippen LogP contribution in [0.1, 0.15) is 30.1 Å². The summed E-state index contributed by atoms with van der Waals surface area (Å²) in [4.78, 5) is 15.5. The summed E-state index contributed by atoms with van der Waals surface area (Å²) in [6, 6.07) is 1.05. The van der Waals surface area contributed by atoms with Crippen LogP contribution < -0.4 is 10.6 Å². The maximum absolute atomic E-state index is 13.9. The van der Waals surface area contributed by atoms with Crippen molar-refractivity contribution in [2.24, 2.45) is 0 Å². The van der Waals surface area contributed by atoms with E-state index in [4.69, 9.17) is 0 Å². The number of halogens is 4. The third kappa shape index (κ3) is 2.54. The molecule has 0 bridgehead atoms. The lowest BCUT2D eigenvalue weighted by atomic mass is 10.2. The summed E-state index contributed by atoms with van der Waals surface area (Å²) in [6.07, 6.45) is -3.73. The lowest BCUT2D eigenvalue weighted by Crippen LogP contribution is -2.48. The normalized spacial score (nSPS) is 16.6. The molecule has 1 aliphatic carbocycles. The average molecular weight is 291 g/mol. The van der Waals surface area contributed by atoms with Crippen LogP contribution in [0.5, 0.6) is 0 Å². The Morgan fingerprint density at radius 1 is 1.45 bits per heavy atom. The van der Waals surface area contributed by atoms with E-state index in [2.05, 4.69) is 10.3 Å². The number of hydrogen-bond donors (Lipinski definition) is 2. The second-order valence-corrected chi connectivity index (χ2v) is 4.59. The number of hydrogen-bond acceptors (Lipinski definition) is 3. The van der Waals surface area contributed by atoms with Crippen LogP contribution in [0, 0.1) is 5.82 Å². The van der Waals surface area contributed by atoms with Gasteiger partial charge in [-0.3, -0.25) is 4.79 Å². The monoisotopic (exact) mass is 291 g/mol. The Kier molecular flexibility index (Phi) is 3.58. The molecule has 2 rings (SSSR count). The second-order valence-electron chi connectivity index (χ2n) is 4.59. The largest absolute Gasteiger partial charge is 0.411 e. The van der Waals surface area contributed by atoms with E-state index in [1.807, 2.05) is 5.32 Å². The van der Waals surface area contributed by atoms with Gasteiger partial charge in [0.05, 0.1) is 5.56 Å². The van der Waals surface area contributed by atoms with Gasteiger partial charge in [-0.05, 0) is 25.8 Å². The molecule has 0 aromatic carbocycles. The van der Waals surface area contributed by atoms with E-state index >= 15 is 0 Å². The fraction of sp³-hybridized carbons (Fsp3) is 0.500. The number of carbonyl (C=O) groups excluding carboxylic acids is 1. The Balaban J connectivity index is 2.21. The molecule has 1 heterocycles. The van der Waals surface area contributed by atoms with Crippen LogP contribution >= 0.6 is 0 Å². The molecule has 1 aromatic rings. The topological polar surface area (TPSA) is 54.0 Å². The molecule has 1 amide bonds. The lowest BCUT2D eigenvalue weighted by molar-refractivity contribution is -0.163. The summed E-state index contributed by atoms with van der Waals surface area (Å²) < 4.78 is 52.2. The molecule has 0 radical (unpaired) electrons. The van der Waals surface area contributed by atoms with E-state index in [1.165, 1.54) is 6.20 Å². The third-order valence-electron chi connectivity index (χ3n) is 3.12. The molecule has 0 unspecified atom stereocenters. The van der Waals surface area contributed by atoms with Crippen molar-refractivity contribution in [3.63, 3.8) is 0 Å². The molecule has 0 saturated heterocycles. The van der Waals surface area contributed by atoms with Gasteiger partial charge in [0.1, 0.15) is 5.54 Å². The van der Waals surface area contributed by atoms with Crippen LogP contribution in [0.15, 0.2) is 12.3 Å². The quantitative estimate of drug-likeness (QED) is 0.838. The number of alkyl halides is 3. The molecule has 20 heavy (non-hydrogen) atoms. The van der Waals surface area contributed by atoms with Crippen LogP contribution in [0.3, 0.4) is 0 Å². The van der Waals surface area contributed by atoms with Crippen LogP contribution in [0.2, 0.25) is 0 Å². The number of nitrogens with zero attached hydrogens (tertiary/aromatic N) is 1. The van der Waals surface area contributed by atoms with Gasteiger partial charge < -0.3 is 10.6 Å². The van der Waals surface area contributed by atoms with Crippen molar-refractivity contribution < 1.29 is 22.4 Å². The zero-order chi connectivity index (χ0) is 15.0. The predicted molar refractivity (Wildman–Crippen MR) is 63.8 cm³/mol. The van der Waals surface area contributed by atoms with Gasteiger partial charge in [0.25, 0.3) is 5.91 Å². The van der Waals surface area contributed by atoms with E-state index in [9.17, 15) is 22.4 Å². The first-order valence-corrected chi connectivity index (χ1v) is 6.08. The van der Waals surface area contributed by atoms with E-state index in [1.54, 1.807) is 6.92 Å². The predicted octanol–water partition coefficient (Wildman–Crippen LogP) is 2.48. The van der Waals surface area contributed by atoms with Gasteiger partial charge in [-0.25, -0.2) is 9.37 Å². The van der Waals surface area contributed by atoms with Crippen molar-refractivity contribution in [2.75, 3.05) is 11.9 Å². The molecule has 0 aliphatic heterocycles. The van der Waals surface area contributed by atoms with E-state index < -0.39 is 29.0 Å². The molecule has 4 nitrogen and oxygen atoms in total. The fourth-order valence-corrected chi connectivity index (χ4v) is 1.80. The Bertz CT molecular complexity index is 526. The van der Waals surface area contributed by atoms with Crippen LogP contribution in [0.25, 0.3) is 0 Å². The van der Waals surface area contributed by atoms with E-state index in [0.717, 1.165) is 6.07 Å². The van der Waals surface area contributed by atoms with Gasteiger partial charge in [-0.2, -0.15) is 13.2 Å². The standard InChI is InChI=1S/C12H13F4N3O/c1-2-17-9-8(13)7(3-6-18-9)10(20)19-11(4-5-11)12(14,15)16/h3,6H,2,4-5H2,1H3,(H,17,18)(H,19,20). The highest BCUT2D eigenvalue weighted by Crippen LogP contribution is 2.49. The molecule has 0 atom stereocenters. The van der Waals surface area contributed by atoms with Gasteiger partial charge in [-0.15, -0.1) is 0 Å². The SMILES string of the molecule is CCNc1nccc(C(=O)NC2(C(F)(F)F)CC2)c1F. The Morgan fingerprint density at radius 2 is 2.10 bits per heavy atom. The third-order valence-corrected chi connectivity index (χ3v) is 3.12. The van der Waals surface area contributed by atoms with Crippen LogP contribution in [-0.4, -0.2) is 29.2 Å². The van der Waals surface area contributed by atoms with E-state index in [-0.39, 0.29) is 18.7 Å². The van der Waals surface area contributed by atoms with Crippen molar-refractivity contribution in [1.29, 1.82) is 0 Å². The second kappa shape index (κ2) is 4.92. The number of anilines is 1. The van der Waals surface area contributed by atoms with Crippen molar-refractivity contribution in [1.82, 2.24) is 10.3 Å². The number of nitrogens with one attached hydrogen (secondary N) is 2. The number of pyridine rings is 1. The molecule has 1 aliphatic rings. The fourth-order valence-electron chi connectivity index (χ4n) is 1.80. The summed E-state index contributed by atoms with van der Waals surface area (Å²) in [5.41, 5.74) is -2.66. The summed E-state index contributed by atoms with van der Waals surface area (Å²) in [6.45, 7) is 2.08. The average Bonchev–Trinajstić information content (AvgIpc) is 3.12. The zero-order valence-corrected chi connectivity index (χ0v) is 10.6. The Hall–Kier alpha value is -1.86. The van der Waals surface area contributed by atoms with Gasteiger partial charge >= 0.3 is 6.18 Å². The summed E-state index contributed by atoms with van der Waals surface area (Å²) in [5.74, 6) is -2.19. The molecule has 1 fully saturated rings. The first-order valence-electron chi connectivity index (χ1n) is 6.08. The Labute approximate surface area is 112 Å². The van der Waals surface area contributed by atoms with Crippen LogP contribution in [-0.2, 0) is 0 Å². The molecule has 1 saturated carbocycles. The summed E-state index contributed by atoms with van der Waals surface area (Å²) >= 11 is 0. The van der Waals surface area contributed by atoms with Crippen molar-refractivity contribution in [2.45, 2.75) is 31.5 Å². The van der Waals surface area contributed by atoms with Crippen LogP contribution in [0.4, 0.5) is 23.4 Å². The van der Waals surface area contributed by atoms with Crippen molar-refractivity contribution in [3.8, 4) is 0 Å². The molecular formula is C12H13F4N3O. The maximum atomic E-state index is 13.9. The van der Waals surface area contributed by atoms with E-state index in [0.29, 0.717) is 6.54 Å². The first-order chi connectivity index (χ1) is 9.31. The maximum Gasteiger partial charge on any atom is 0.411 e. The number of carbonyl (C=O) groups is 1. The molecule has 110 valence electrons. The number of rotatable bonds is 4. The summed E-state index contributed by atoms with van der Waals surface area (Å²) in [7, 11) is 0. The first kappa shape index (κ1) is 14.5. The van der Waals surface area contributed by atoms with Crippen molar-refractivity contribution in [3.05, 3.63) is 23.6 Å². The van der Waals surface area contributed by atoms with Gasteiger partial charge in [0, 0.05) is 12.7 Å². The Morgan fingerprint density at radius 3 is 2.60 bits per heavy atom. The van der Waals surface area contributed by atoms with Gasteiger partial charge in [0.15, 0.2) is 11.6 Å². The molecule has 2 N–H and O–H groups in total. The number of aromatic nitrogens is 1. The molecule has 1 aromatic heterocycles. The van der Waals surface area contributed by atoms with Gasteiger partial charge in [-0.1, -0.05) is 0 Å². The lowest BCUT2D eigenvalue weighted by Gasteiger charge is -2.21. The number of amides is 1. The molecular weight excluding hydrogens is 278 g/mol. The minimum absolute atomic E-state index is 0.156. The zero-order valence-electron chi connectivity index (χ0n) is 10.6. The molecule has 0 spiro atoms. The highest BCUT2D eigenvalue weighted by Gasteiger charge is 2.64. The molecule has 8 heteroatoms.